The Balaban J connectivity index is 1.13. The maximum absolute atomic E-state index is 13.7. The van der Waals surface area contributed by atoms with Gasteiger partial charge in [0.1, 0.15) is 18.5 Å². The molecular formula is C35H39N3O4. The van der Waals surface area contributed by atoms with E-state index in [2.05, 4.69) is 23.9 Å². The fraction of sp³-hybridized carbons (Fsp3) is 0.314. The molecule has 0 bridgehead atoms. The topological polar surface area (TPSA) is 79.0 Å². The lowest BCUT2D eigenvalue weighted by Gasteiger charge is -2.37. The van der Waals surface area contributed by atoms with Crippen molar-refractivity contribution in [3.05, 3.63) is 119 Å². The number of aromatic nitrogens is 1. The summed E-state index contributed by atoms with van der Waals surface area (Å²) in [6.45, 7) is 7.46. The molecule has 0 radical (unpaired) electrons. The van der Waals surface area contributed by atoms with Crippen molar-refractivity contribution in [1.29, 1.82) is 0 Å². The summed E-state index contributed by atoms with van der Waals surface area (Å²) in [5.41, 5.74) is 3.81. The standard InChI is InChI=1S/C35H39N3O4/c1-26(2)32-23-31(42-36-32)18-17-27-11-9-10-16-33(27)41-25-30(39)24-37-19-21-38(22-20-37)35(40)34(28-12-5-3-6-13-28)29-14-7-4-8-15-29/h3-18,23,26,30,34,39H,19-22,24-25H2,1-2H3/b18-17-. The van der Waals surface area contributed by atoms with Gasteiger partial charge in [0.05, 0.1) is 11.6 Å². The van der Waals surface area contributed by atoms with Gasteiger partial charge in [-0.05, 0) is 35.3 Å². The van der Waals surface area contributed by atoms with E-state index in [1.165, 1.54) is 0 Å². The first kappa shape index (κ1) is 29.3. The number of ether oxygens (including phenoxy) is 1. The Bertz CT molecular complexity index is 1400. The highest BCUT2D eigenvalue weighted by Crippen LogP contribution is 2.27. The van der Waals surface area contributed by atoms with Gasteiger partial charge in [-0.15, -0.1) is 0 Å². The second-order valence-corrected chi connectivity index (χ2v) is 11.0. The zero-order valence-electron chi connectivity index (χ0n) is 24.3. The van der Waals surface area contributed by atoms with Crippen molar-refractivity contribution in [1.82, 2.24) is 15.0 Å². The number of aliphatic hydroxyl groups is 1. The number of nitrogens with zero attached hydrogens (tertiary/aromatic N) is 3. The van der Waals surface area contributed by atoms with Crippen molar-refractivity contribution >= 4 is 18.1 Å². The van der Waals surface area contributed by atoms with Crippen LogP contribution in [0.1, 0.15) is 53.8 Å². The highest BCUT2D eigenvalue weighted by atomic mass is 16.5. The average molecular weight is 566 g/mol. The fourth-order valence-corrected chi connectivity index (χ4v) is 5.21. The van der Waals surface area contributed by atoms with Crippen molar-refractivity contribution < 1.29 is 19.2 Å². The minimum atomic E-state index is -0.659. The Labute approximate surface area is 248 Å². The third-order valence-electron chi connectivity index (χ3n) is 7.58. The Hall–Kier alpha value is -4.20. The summed E-state index contributed by atoms with van der Waals surface area (Å²) in [6, 6.07) is 29.6. The van der Waals surface area contributed by atoms with E-state index in [1.54, 1.807) is 0 Å². The monoisotopic (exact) mass is 565 g/mol. The van der Waals surface area contributed by atoms with E-state index in [0.29, 0.717) is 50.2 Å². The number of hydrogen-bond acceptors (Lipinski definition) is 6. The SMILES string of the molecule is CC(C)c1cc(/C=C\c2ccccc2OCC(O)CN2CCN(C(=O)C(c3ccccc3)c3ccccc3)CC2)on1. The maximum Gasteiger partial charge on any atom is 0.234 e. The van der Waals surface area contributed by atoms with Gasteiger partial charge in [0, 0.05) is 44.4 Å². The van der Waals surface area contributed by atoms with Crippen LogP contribution in [0, 0.1) is 0 Å². The molecule has 1 aliphatic rings. The third kappa shape index (κ3) is 7.55. The molecule has 7 nitrogen and oxygen atoms in total. The van der Waals surface area contributed by atoms with Gasteiger partial charge >= 0.3 is 0 Å². The molecule has 218 valence electrons. The lowest BCUT2D eigenvalue weighted by molar-refractivity contribution is -0.133. The van der Waals surface area contributed by atoms with Gasteiger partial charge in [0.25, 0.3) is 0 Å². The summed E-state index contributed by atoms with van der Waals surface area (Å²) >= 11 is 0. The first-order valence-corrected chi connectivity index (χ1v) is 14.6. The average Bonchev–Trinajstić information content (AvgIpc) is 3.51. The van der Waals surface area contributed by atoms with Crippen LogP contribution in [0.3, 0.4) is 0 Å². The molecule has 0 saturated carbocycles. The molecule has 1 fully saturated rings. The molecular weight excluding hydrogens is 526 g/mol. The maximum atomic E-state index is 13.7. The van der Waals surface area contributed by atoms with Gasteiger partial charge < -0.3 is 19.3 Å². The quantitative estimate of drug-likeness (QED) is 0.252. The summed E-state index contributed by atoms with van der Waals surface area (Å²) in [5.74, 6) is 1.47. The number of β-amino-alcohol motifs (C(OH)–C–C–N with tert-alkyl or cyclic N) is 1. The highest BCUT2D eigenvalue weighted by Gasteiger charge is 2.30. The van der Waals surface area contributed by atoms with Gasteiger partial charge in [0.2, 0.25) is 5.91 Å². The Morgan fingerprint density at radius 2 is 1.52 bits per heavy atom. The summed E-state index contributed by atoms with van der Waals surface area (Å²) in [6.07, 6.45) is 3.15. The first-order valence-electron chi connectivity index (χ1n) is 14.6. The number of benzene rings is 3. The number of carbonyl (C=O) groups excluding carboxylic acids is 1. The summed E-state index contributed by atoms with van der Waals surface area (Å²) < 4.78 is 11.4. The van der Waals surface area contributed by atoms with Crippen molar-refractivity contribution in [2.75, 3.05) is 39.3 Å². The van der Waals surface area contributed by atoms with Crippen LogP contribution in [0.2, 0.25) is 0 Å². The van der Waals surface area contributed by atoms with Gasteiger partial charge in [0.15, 0.2) is 5.76 Å². The molecule has 1 amide bonds. The number of amides is 1. The Morgan fingerprint density at radius 1 is 0.905 bits per heavy atom. The first-order chi connectivity index (χ1) is 20.5. The van der Waals surface area contributed by atoms with Crippen LogP contribution in [-0.2, 0) is 4.79 Å². The minimum Gasteiger partial charge on any atom is -0.490 e. The second-order valence-electron chi connectivity index (χ2n) is 11.0. The number of hydrogen-bond donors (Lipinski definition) is 1. The lowest BCUT2D eigenvalue weighted by Crippen LogP contribution is -2.52. The minimum absolute atomic E-state index is 0.117. The third-order valence-corrected chi connectivity index (χ3v) is 7.58. The molecule has 7 heteroatoms. The van der Waals surface area contributed by atoms with Gasteiger partial charge in [-0.25, -0.2) is 0 Å². The van der Waals surface area contributed by atoms with E-state index >= 15 is 0 Å². The smallest absolute Gasteiger partial charge is 0.234 e. The van der Waals surface area contributed by atoms with E-state index in [4.69, 9.17) is 9.26 Å². The molecule has 1 atom stereocenters. The van der Waals surface area contributed by atoms with Crippen LogP contribution in [0.4, 0.5) is 0 Å². The van der Waals surface area contributed by atoms with Crippen LogP contribution < -0.4 is 4.74 Å². The molecule has 0 aliphatic carbocycles. The fourth-order valence-electron chi connectivity index (χ4n) is 5.21. The van der Waals surface area contributed by atoms with E-state index in [-0.39, 0.29) is 18.4 Å². The summed E-state index contributed by atoms with van der Waals surface area (Å²) in [7, 11) is 0. The molecule has 2 heterocycles. The van der Waals surface area contributed by atoms with Gasteiger partial charge in [-0.1, -0.05) is 97.9 Å². The summed E-state index contributed by atoms with van der Waals surface area (Å²) in [5, 5.41) is 14.9. The lowest BCUT2D eigenvalue weighted by atomic mass is 9.90. The molecule has 1 unspecified atom stereocenters. The number of aliphatic hydroxyl groups excluding tert-OH is 1. The second kappa shape index (κ2) is 14.1. The highest BCUT2D eigenvalue weighted by molar-refractivity contribution is 5.87. The van der Waals surface area contributed by atoms with Crippen LogP contribution in [-0.4, -0.2) is 71.4 Å². The number of carbonyl (C=O) groups is 1. The van der Waals surface area contributed by atoms with Crippen LogP contribution in [0.5, 0.6) is 5.75 Å². The van der Waals surface area contributed by atoms with E-state index in [9.17, 15) is 9.90 Å². The molecule has 1 aliphatic heterocycles. The zero-order chi connectivity index (χ0) is 29.3. The van der Waals surface area contributed by atoms with Crippen molar-refractivity contribution in [3.63, 3.8) is 0 Å². The van der Waals surface area contributed by atoms with Gasteiger partial charge in [-0.3, -0.25) is 9.69 Å². The largest absolute Gasteiger partial charge is 0.490 e. The van der Waals surface area contributed by atoms with E-state index in [1.807, 2.05) is 108 Å². The van der Waals surface area contributed by atoms with Crippen molar-refractivity contribution in [2.45, 2.75) is 31.8 Å². The van der Waals surface area contributed by atoms with Crippen LogP contribution in [0.25, 0.3) is 12.2 Å². The number of rotatable bonds is 11. The molecule has 4 aromatic rings. The van der Waals surface area contributed by atoms with Crippen molar-refractivity contribution in [3.8, 4) is 5.75 Å². The predicted molar refractivity (Wildman–Crippen MR) is 165 cm³/mol. The number of piperazine rings is 1. The molecule has 0 spiro atoms. The van der Waals surface area contributed by atoms with E-state index < -0.39 is 6.10 Å². The van der Waals surface area contributed by atoms with Crippen molar-refractivity contribution in [2.24, 2.45) is 0 Å². The molecule has 1 N–H and O–H groups in total. The molecule has 1 aromatic heterocycles. The van der Waals surface area contributed by atoms with Gasteiger partial charge in [-0.2, -0.15) is 0 Å². The van der Waals surface area contributed by atoms with Crippen LogP contribution in [0.15, 0.2) is 95.5 Å². The molecule has 1 saturated heterocycles. The Morgan fingerprint density at radius 3 is 2.14 bits per heavy atom. The predicted octanol–water partition coefficient (Wildman–Crippen LogP) is 5.68. The molecule has 42 heavy (non-hydrogen) atoms. The number of para-hydroxylation sites is 1. The van der Waals surface area contributed by atoms with E-state index in [0.717, 1.165) is 22.4 Å². The normalized spacial score (nSPS) is 15.0. The van der Waals surface area contributed by atoms with Crippen LogP contribution >= 0.6 is 0 Å². The molecule has 5 rings (SSSR count). The summed E-state index contributed by atoms with van der Waals surface area (Å²) in [4.78, 5) is 17.9. The molecule has 3 aromatic carbocycles. The Kier molecular flexibility index (Phi) is 9.85. The zero-order valence-corrected chi connectivity index (χ0v) is 24.3.